The Labute approximate surface area is 362 Å². The van der Waals surface area contributed by atoms with Crippen molar-refractivity contribution < 1.29 is 29.0 Å². The van der Waals surface area contributed by atoms with Gasteiger partial charge in [0.1, 0.15) is 6.10 Å². The first-order chi connectivity index (χ1) is 28.7. The molecule has 1 heterocycles. The van der Waals surface area contributed by atoms with E-state index in [-0.39, 0.29) is 30.1 Å². The van der Waals surface area contributed by atoms with Gasteiger partial charge >= 0.3 is 11.9 Å². The number of nitrogens with one attached hydrogen (secondary N) is 2. The van der Waals surface area contributed by atoms with Gasteiger partial charge in [-0.1, -0.05) is 124 Å². The van der Waals surface area contributed by atoms with Crippen LogP contribution in [0.4, 0.5) is 0 Å². The number of aliphatic hydroxyl groups is 1. The molecule has 9 heteroatoms. The summed E-state index contributed by atoms with van der Waals surface area (Å²) in [6, 6.07) is 1.76. The number of amides is 1. The van der Waals surface area contributed by atoms with Crippen molar-refractivity contribution >= 4 is 17.8 Å². The minimum absolute atomic E-state index is 0.0143. The molecule has 9 nitrogen and oxygen atoms in total. The van der Waals surface area contributed by atoms with E-state index >= 15 is 0 Å². The third-order valence-electron chi connectivity index (χ3n) is 11.9. The summed E-state index contributed by atoms with van der Waals surface area (Å²) in [6.45, 7) is 14.0. The molecule has 0 aliphatic carbocycles. The highest BCUT2D eigenvalue weighted by molar-refractivity contribution is 5.93. The molecule has 0 aromatic carbocycles. The van der Waals surface area contributed by atoms with Crippen LogP contribution >= 0.6 is 0 Å². The smallest absolute Gasteiger partial charge is 0.306 e. The summed E-state index contributed by atoms with van der Waals surface area (Å²) in [5, 5.41) is 13.9. The molecule has 0 saturated carbocycles. The van der Waals surface area contributed by atoms with Crippen LogP contribution in [-0.2, 0) is 19.1 Å². The van der Waals surface area contributed by atoms with Crippen molar-refractivity contribution in [2.24, 2.45) is 5.92 Å². The molecule has 1 amide bonds. The zero-order valence-electron chi connectivity index (χ0n) is 39.0. The van der Waals surface area contributed by atoms with Crippen LogP contribution < -0.4 is 5.32 Å². The third-order valence-corrected chi connectivity index (χ3v) is 11.9. The number of esters is 2. The lowest BCUT2D eigenvalue weighted by Gasteiger charge is -2.25. The monoisotopic (exact) mass is 832 g/mol. The summed E-state index contributed by atoms with van der Waals surface area (Å²) in [7, 11) is 0. The molecular weight excluding hydrogens is 739 g/mol. The SMILES string of the molecule is CCCCCCCCC(CCCCCCCC)OC(=O)CCCCCCCN(CCCCCC(=O)OC(C)CCC(C)CC)CC(O)CCCCNC(=O)c1cc[nH]c1. The Morgan fingerprint density at radius 1 is 0.644 bits per heavy atom. The van der Waals surface area contributed by atoms with Gasteiger partial charge in [0.2, 0.25) is 0 Å². The van der Waals surface area contributed by atoms with Crippen molar-refractivity contribution in [1.82, 2.24) is 15.2 Å². The summed E-state index contributed by atoms with van der Waals surface area (Å²) in [6.07, 6.45) is 34.7. The minimum Gasteiger partial charge on any atom is -0.463 e. The zero-order valence-corrected chi connectivity index (χ0v) is 39.0. The highest BCUT2D eigenvalue weighted by atomic mass is 16.5. The molecule has 1 aromatic heterocycles. The van der Waals surface area contributed by atoms with E-state index < -0.39 is 6.10 Å². The van der Waals surface area contributed by atoms with E-state index in [9.17, 15) is 19.5 Å². The Morgan fingerprint density at radius 3 is 1.75 bits per heavy atom. The molecule has 344 valence electrons. The van der Waals surface area contributed by atoms with E-state index in [1.807, 2.05) is 6.92 Å². The molecule has 1 rings (SSSR count). The van der Waals surface area contributed by atoms with Gasteiger partial charge in [0.15, 0.2) is 0 Å². The van der Waals surface area contributed by atoms with Crippen LogP contribution in [-0.4, -0.2) is 77.3 Å². The summed E-state index contributed by atoms with van der Waals surface area (Å²) in [5.74, 6) is 0.480. The predicted molar refractivity (Wildman–Crippen MR) is 246 cm³/mol. The standard InChI is InChI=1S/C50H93N3O6/c1-6-9-11-13-16-21-30-47(31-22-17-14-12-10-7-2)59-49(56)33-23-18-15-19-27-39-53(40-28-20-24-32-48(55)58-44(5)35-34-43(4)8-3)42-46(54)29-25-26-37-52-50(57)45-36-38-51-41-45/h36,38,41,43-44,46-47,51,54H,6-35,37,39-40,42H2,1-5H3,(H,52,57). The first-order valence-electron chi connectivity index (χ1n) is 24.9. The lowest BCUT2D eigenvalue weighted by molar-refractivity contribution is -0.150. The molecule has 0 bridgehead atoms. The molecule has 0 saturated heterocycles. The van der Waals surface area contributed by atoms with Gasteiger partial charge in [0.05, 0.1) is 17.8 Å². The maximum Gasteiger partial charge on any atom is 0.306 e. The average molecular weight is 832 g/mol. The van der Waals surface area contributed by atoms with E-state index in [1.165, 1.54) is 64.2 Å². The Bertz CT molecular complexity index is 1100. The van der Waals surface area contributed by atoms with Crippen molar-refractivity contribution in [1.29, 1.82) is 0 Å². The van der Waals surface area contributed by atoms with E-state index in [0.717, 1.165) is 122 Å². The van der Waals surface area contributed by atoms with Crippen LogP contribution in [0.1, 0.15) is 238 Å². The van der Waals surface area contributed by atoms with Gasteiger partial charge in [0.25, 0.3) is 5.91 Å². The van der Waals surface area contributed by atoms with Crippen molar-refractivity contribution in [2.75, 3.05) is 26.2 Å². The maximum atomic E-state index is 12.9. The van der Waals surface area contributed by atoms with Crippen molar-refractivity contribution in [3.8, 4) is 0 Å². The topological polar surface area (TPSA) is 121 Å². The molecular formula is C50H93N3O6. The third kappa shape index (κ3) is 33.0. The molecule has 3 N–H and O–H groups in total. The highest BCUT2D eigenvalue weighted by Gasteiger charge is 2.16. The second kappa shape index (κ2) is 38.5. The highest BCUT2D eigenvalue weighted by Crippen LogP contribution is 2.19. The number of nitrogens with zero attached hydrogens (tertiary/aromatic N) is 1. The number of carbonyl (C=O) groups is 3. The van der Waals surface area contributed by atoms with Gasteiger partial charge in [-0.3, -0.25) is 14.4 Å². The Morgan fingerprint density at radius 2 is 1.17 bits per heavy atom. The zero-order chi connectivity index (χ0) is 43.2. The van der Waals surface area contributed by atoms with Gasteiger partial charge < -0.3 is 29.8 Å². The molecule has 3 atom stereocenters. The van der Waals surface area contributed by atoms with Gasteiger partial charge in [-0.25, -0.2) is 0 Å². The Kier molecular flexibility index (Phi) is 35.7. The fraction of sp³-hybridized carbons (Fsp3) is 0.860. The molecule has 0 spiro atoms. The molecule has 3 unspecified atom stereocenters. The van der Waals surface area contributed by atoms with Crippen molar-refractivity contribution in [2.45, 2.75) is 246 Å². The fourth-order valence-electron chi connectivity index (χ4n) is 7.75. The fourth-order valence-corrected chi connectivity index (χ4v) is 7.75. The number of aliphatic hydroxyl groups excluding tert-OH is 1. The van der Waals surface area contributed by atoms with Crippen molar-refractivity contribution in [3.05, 3.63) is 24.0 Å². The lowest BCUT2D eigenvalue weighted by atomic mass is 10.0. The van der Waals surface area contributed by atoms with Gasteiger partial charge in [-0.05, 0) is 115 Å². The van der Waals surface area contributed by atoms with Crippen molar-refractivity contribution in [3.63, 3.8) is 0 Å². The van der Waals surface area contributed by atoms with Gasteiger partial charge in [-0.2, -0.15) is 0 Å². The summed E-state index contributed by atoms with van der Waals surface area (Å²) in [5.41, 5.74) is 0.632. The first-order valence-corrected chi connectivity index (χ1v) is 24.9. The van der Waals surface area contributed by atoms with Crippen LogP contribution in [0.2, 0.25) is 0 Å². The largest absolute Gasteiger partial charge is 0.463 e. The number of hydrogen-bond acceptors (Lipinski definition) is 7. The minimum atomic E-state index is -0.417. The normalized spacial score (nSPS) is 13.2. The molecule has 0 aliphatic rings. The summed E-state index contributed by atoms with van der Waals surface area (Å²) in [4.78, 5) is 42.8. The van der Waals surface area contributed by atoms with Gasteiger partial charge in [0, 0.05) is 38.3 Å². The van der Waals surface area contributed by atoms with Crippen LogP contribution in [0.25, 0.3) is 0 Å². The van der Waals surface area contributed by atoms with Crippen LogP contribution in [0, 0.1) is 5.92 Å². The van der Waals surface area contributed by atoms with Crippen LogP contribution in [0.15, 0.2) is 18.5 Å². The number of aromatic amines is 1. The molecule has 0 aliphatic heterocycles. The van der Waals surface area contributed by atoms with Crippen LogP contribution in [0.3, 0.4) is 0 Å². The predicted octanol–water partition coefficient (Wildman–Crippen LogP) is 12.6. The first kappa shape index (κ1) is 54.6. The summed E-state index contributed by atoms with van der Waals surface area (Å²) < 4.78 is 11.7. The maximum absolute atomic E-state index is 12.9. The number of hydrogen-bond donors (Lipinski definition) is 3. The number of carbonyl (C=O) groups excluding carboxylic acids is 3. The number of rotatable bonds is 42. The molecule has 1 aromatic rings. The Hall–Kier alpha value is -2.39. The second-order valence-electron chi connectivity index (χ2n) is 17.8. The van der Waals surface area contributed by atoms with Crippen LogP contribution in [0.5, 0.6) is 0 Å². The van der Waals surface area contributed by atoms with E-state index in [4.69, 9.17) is 9.47 Å². The number of ether oxygens (including phenoxy) is 2. The number of aromatic nitrogens is 1. The summed E-state index contributed by atoms with van der Waals surface area (Å²) >= 11 is 0. The van der Waals surface area contributed by atoms with Gasteiger partial charge in [-0.15, -0.1) is 0 Å². The van der Waals surface area contributed by atoms with E-state index in [2.05, 4.69) is 42.9 Å². The average Bonchev–Trinajstić information content (AvgIpc) is 3.77. The van der Waals surface area contributed by atoms with E-state index in [1.54, 1.807) is 18.5 Å². The second-order valence-corrected chi connectivity index (χ2v) is 17.8. The molecule has 59 heavy (non-hydrogen) atoms. The molecule has 0 fully saturated rings. The number of H-pyrrole nitrogens is 1. The molecule has 0 radical (unpaired) electrons. The Balaban J connectivity index is 2.45. The lowest BCUT2D eigenvalue weighted by Crippen LogP contribution is -2.34. The van der Waals surface area contributed by atoms with E-state index in [0.29, 0.717) is 43.8 Å². The quantitative estimate of drug-likeness (QED) is 0.0443. The number of unbranched alkanes of at least 4 members (excludes halogenated alkanes) is 17.